The van der Waals surface area contributed by atoms with E-state index in [9.17, 15) is 4.79 Å². The number of rotatable bonds is 5. The molecule has 0 aromatic rings. The summed E-state index contributed by atoms with van der Waals surface area (Å²) in [5.41, 5.74) is 5.20. The minimum Gasteiger partial charge on any atom is -0.369 e. The Hall–Kier alpha value is -0.530. The fraction of sp³-hybridized carbons (Fsp3) is 0.889. The first kappa shape index (κ1) is 10.5. The predicted molar refractivity (Wildman–Crippen MR) is 47.0 cm³/mol. The summed E-state index contributed by atoms with van der Waals surface area (Å²) >= 11 is 0. The van der Waals surface area contributed by atoms with Crippen molar-refractivity contribution in [1.82, 2.24) is 0 Å². The second-order valence-corrected chi connectivity index (χ2v) is 3.15. The van der Waals surface area contributed by atoms with E-state index in [1.807, 2.05) is 6.92 Å². The first-order chi connectivity index (χ1) is 5.13. The summed E-state index contributed by atoms with van der Waals surface area (Å²) in [6, 6.07) is 0. The van der Waals surface area contributed by atoms with E-state index in [0.717, 1.165) is 19.3 Å². The van der Waals surface area contributed by atoms with Crippen molar-refractivity contribution in [2.24, 2.45) is 17.6 Å². The number of nitrogens with two attached hydrogens (primary N) is 1. The predicted octanol–water partition coefficient (Wildman–Crippen LogP) is 1.93. The van der Waals surface area contributed by atoms with Crippen molar-refractivity contribution in [2.75, 3.05) is 0 Å². The van der Waals surface area contributed by atoms with Gasteiger partial charge < -0.3 is 5.73 Å². The Morgan fingerprint density at radius 2 is 2.00 bits per heavy atom. The van der Waals surface area contributed by atoms with E-state index in [0.29, 0.717) is 5.92 Å². The summed E-state index contributed by atoms with van der Waals surface area (Å²) in [6.07, 6.45) is 3.30. The highest BCUT2D eigenvalue weighted by molar-refractivity contribution is 5.76. The number of hydrogen-bond donors (Lipinski definition) is 1. The highest BCUT2D eigenvalue weighted by Gasteiger charge is 2.18. The van der Waals surface area contributed by atoms with E-state index < -0.39 is 0 Å². The Labute approximate surface area is 69.2 Å². The third-order valence-electron chi connectivity index (χ3n) is 2.34. The largest absolute Gasteiger partial charge is 0.369 e. The summed E-state index contributed by atoms with van der Waals surface area (Å²) in [5.74, 6) is 0.364. The van der Waals surface area contributed by atoms with Gasteiger partial charge in [-0.25, -0.2) is 0 Å². The van der Waals surface area contributed by atoms with E-state index in [1.165, 1.54) is 0 Å². The van der Waals surface area contributed by atoms with Gasteiger partial charge in [-0.2, -0.15) is 0 Å². The lowest BCUT2D eigenvalue weighted by atomic mass is 9.87. The standard InChI is InChI=1S/C9H19NO/c1-4-6-8(5-2)7(3)9(10)11/h7-8H,4-6H2,1-3H3,(H2,10,11). The van der Waals surface area contributed by atoms with Gasteiger partial charge in [0.05, 0.1) is 0 Å². The normalized spacial score (nSPS) is 15.9. The maximum absolute atomic E-state index is 10.8. The van der Waals surface area contributed by atoms with Gasteiger partial charge in [0, 0.05) is 5.92 Å². The van der Waals surface area contributed by atoms with Crippen LogP contribution in [0.1, 0.15) is 40.0 Å². The molecule has 66 valence electrons. The molecular weight excluding hydrogens is 138 g/mol. The second kappa shape index (κ2) is 5.16. The topological polar surface area (TPSA) is 43.1 Å². The highest BCUT2D eigenvalue weighted by Crippen LogP contribution is 2.20. The Morgan fingerprint density at radius 1 is 1.45 bits per heavy atom. The van der Waals surface area contributed by atoms with E-state index >= 15 is 0 Å². The molecule has 11 heavy (non-hydrogen) atoms. The molecule has 2 atom stereocenters. The van der Waals surface area contributed by atoms with Crippen LogP contribution in [0.5, 0.6) is 0 Å². The lowest BCUT2D eigenvalue weighted by Crippen LogP contribution is -2.27. The van der Waals surface area contributed by atoms with Crippen LogP contribution in [0.2, 0.25) is 0 Å². The average Bonchev–Trinajstić information content (AvgIpc) is 1.98. The molecule has 0 saturated carbocycles. The zero-order chi connectivity index (χ0) is 8.85. The number of hydrogen-bond acceptors (Lipinski definition) is 1. The monoisotopic (exact) mass is 157 g/mol. The van der Waals surface area contributed by atoms with E-state index in [-0.39, 0.29) is 11.8 Å². The van der Waals surface area contributed by atoms with Gasteiger partial charge in [-0.05, 0) is 12.3 Å². The lowest BCUT2D eigenvalue weighted by molar-refractivity contribution is -0.122. The molecule has 0 spiro atoms. The Morgan fingerprint density at radius 3 is 2.27 bits per heavy atom. The minimum atomic E-state index is -0.162. The third kappa shape index (κ3) is 3.40. The van der Waals surface area contributed by atoms with Gasteiger partial charge in [0.2, 0.25) is 5.91 Å². The molecule has 0 aromatic heterocycles. The van der Waals surface area contributed by atoms with Crippen molar-refractivity contribution in [3.05, 3.63) is 0 Å². The molecule has 0 fully saturated rings. The zero-order valence-corrected chi connectivity index (χ0v) is 7.76. The van der Waals surface area contributed by atoms with Crippen LogP contribution in [0.4, 0.5) is 0 Å². The molecular formula is C9H19NO. The first-order valence-corrected chi connectivity index (χ1v) is 4.42. The number of carbonyl (C=O) groups excluding carboxylic acids is 1. The Kier molecular flexibility index (Phi) is 4.92. The van der Waals surface area contributed by atoms with Gasteiger partial charge in [-0.1, -0.05) is 33.6 Å². The third-order valence-corrected chi connectivity index (χ3v) is 2.34. The summed E-state index contributed by atoms with van der Waals surface area (Å²) in [7, 11) is 0. The van der Waals surface area contributed by atoms with E-state index in [4.69, 9.17) is 5.73 Å². The van der Waals surface area contributed by atoms with Crippen molar-refractivity contribution in [3.63, 3.8) is 0 Å². The molecule has 2 N–H and O–H groups in total. The maximum Gasteiger partial charge on any atom is 0.220 e. The van der Waals surface area contributed by atoms with E-state index in [1.54, 1.807) is 0 Å². The smallest absolute Gasteiger partial charge is 0.220 e. The van der Waals surface area contributed by atoms with Crippen molar-refractivity contribution in [3.8, 4) is 0 Å². The number of amides is 1. The summed E-state index contributed by atoms with van der Waals surface area (Å²) < 4.78 is 0. The molecule has 2 nitrogen and oxygen atoms in total. The fourth-order valence-corrected chi connectivity index (χ4v) is 1.41. The SMILES string of the molecule is CCCC(CC)C(C)C(N)=O. The molecule has 0 aliphatic heterocycles. The molecule has 0 aromatic carbocycles. The van der Waals surface area contributed by atoms with Crippen LogP contribution in [0, 0.1) is 11.8 Å². The van der Waals surface area contributed by atoms with Crippen LogP contribution >= 0.6 is 0 Å². The van der Waals surface area contributed by atoms with Crippen molar-refractivity contribution in [2.45, 2.75) is 40.0 Å². The molecule has 0 saturated heterocycles. The number of primary amides is 1. The highest BCUT2D eigenvalue weighted by atomic mass is 16.1. The van der Waals surface area contributed by atoms with Crippen LogP contribution in [0.3, 0.4) is 0 Å². The Bertz CT molecular complexity index is 123. The summed E-state index contributed by atoms with van der Waals surface area (Å²) in [5, 5.41) is 0. The van der Waals surface area contributed by atoms with Crippen molar-refractivity contribution >= 4 is 5.91 Å². The average molecular weight is 157 g/mol. The Balaban J connectivity index is 3.91. The minimum absolute atomic E-state index is 0.0416. The van der Waals surface area contributed by atoms with Gasteiger partial charge in [0.15, 0.2) is 0 Å². The molecule has 0 radical (unpaired) electrons. The second-order valence-electron chi connectivity index (χ2n) is 3.15. The summed E-state index contributed by atoms with van der Waals surface area (Å²) in [4.78, 5) is 10.8. The van der Waals surface area contributed by atoms with Gasteiger partial charge in [0.25, 0.3) is 0 Å². The van der Waals surface area contributed by atoms with Crippen LogP contribution in [-0.4, -0.2) is 5.91 Å². The van der Waals surface area contributed by atoms with E-state index in [2.05, 4.69) is 13.8 Å². The van der Waals surface area contributed by atoms with Crippen molar-refractivity contribution < 1.29 is 4.79 Å². The van der Waals surface area contributed by atoms with Gasteiger partial charge in [-0.15, -0.1) is 0 Å². The maximum atomic E-state index is 10.8. The molecule has 0 bridgehead atoms. The quantitative estimate of drug-likeness (QED) is 0.651. The molecule has 2 heteroatoms. The van der Waals surface area contributed by atoms with Crippen LogP contribution in [-0.2, 0) is 4.79 Å². The molecule has 0 aliphatic rings. The molecule has 0 rings (SSSR count). The van der Waals surface area contributed by atoms with Gasteiger partial charge in [0.1, 0.15) is 0 Å². The fourth-order valence-electron chi connectivity index (χ4n) is 1.41. The van der Waals surface area contributed by atoms with Gasteiger partial charge in [-0.3, -0.25) is 4.79 Å². The van der Waals surface area contributed by atoms with Crippen molar-refractivity contribution in [1.29, 1.82) is 0 Å². The summed E-state index contributed by atoms with van der Waals surface area (Å²) in [6.45, 7) is 6.17. The molecule has 0 aliphatic carbocycles. The van der Waals surface area contributed by atoms with Crippen LogP contribution < -0.4 is 5.73 Å². The zero-order valence-electron chi connectivity index (χ0n) is 7.76. The van der Waals surface area contributed by atoms with Gasteiger partial charge >= 0.3 is 0 Å². The first-order valence-electron chi connectivity index (χ1n) is 4.42. The number of carbonyl (C=O) groups is 1. The lowest BCUT2D eigenvalue weighted by Gasteiger charge is -2.18. The molecule has 1 amide bonds. The van der Waals surface area contributed by atoms with Crippen LogP contribution in [0.25, 0.3) is 0 Å². The molecule has 0 heterocycles. The molecule has 2 unspecified atom stereocenters. The van der Waals surface area contributed by atoms with Crippen LogP contribution in [0.15, 0.2) is 0 Å².